The molecule has 1 amide bonds. The van der Waals surface area contributed by atoms with Gasteiger partial charge in [0.1, 0.15) is 0 Å². The average molecular weight is 396 g/mol. The Balaban J connectivity index is 2.02. The Bertz CT molecular complexity index is 847. The van der Waals surface area contributed by atoms with E-state index in [0.717, 1.165) is 30.0 Å². The Hall–Kier alpha value is -1.54. The molecule has 2 heterocycles. The van der Waals surface area contributed by atoms with Gasteiger partial charge in [0.25, 0.3) is 0 Å². The van der Waals surface area contributed by atoms with Crippen molar-refractivity contribution in [2.75, 3.05) is 34.4 Å². The molecule has 0 spiro atoms. The predicted octanol–water partition coefficient (Wildman–Crippen LogP) is 2.46. The van der Waals surface area contributed by atoms with Gasteiger partial charge >= 0.3 is 0 Å². The van der Waals surface area contributed by atoms with Gasteiger partial charge in [-0.2, -0.15) is 4.99 Å². The molecule has 142 valence electrons. The second kappa shape index (κ2) is 7.23. The standard InChI is InChI=1S/C18H25N3O3S2/c1-5-20(6-2)14-7-8-15(12(3)9-14)21-16-10-26(23,24)11-17(16)25-18(21)19-13(4)22/h7-9,16-17H,5-6,10-11H2,1-4H3/t16-,17+/m0/s1. The van der Waals surface area contributed by atoms with Crippen molar-refractivity contribution in [1.29, 1.82) is 0 Å². The van der Waals surface area contributed by atoms with E-state index in [4.69, 9.17) is 0 Å². The summed E-state index contributed by atoms with van der Waals surface area (Å²) < 4.78 is 24.2. The van der Waals surface area contributed by atoms with Crippen LogP contribution in [0.15, 0.2) is 23.2 Å². The van der Waals surface area contributed by atoms with E-state index in [2.05, 4.69) is 35.9 Å². The van der Waals surface area contributed by atoms with Gasteiger partial charge in [0.2, 0.25) is 5.91 Å². The molecule has 0 radical (unpaired) electrons. The van der Waals surface area contributed by atoms with Gasteiger partial charge in [-0.1, -0.05) is 11.8 Å². The molecular weight excluding hydrogens is 370 g/mol. The van der Waals surface area contributed by atoms with Crippen molar-refractivity contribution in [3.8, 4) is 0 Å². The zero-order valence-corrected chi connectivity index (χ0v) is 17.2. The molecule has 6 nitrogen and oxygen atoms in total. The van der Waals surface area contributed by atoms with Gasteiger partial charge in [-0.05, 0) is 44.5 Å². The Morgan fingerprint density at radius 1 is 1.31 bits per heavy atom. The van der Waals surface area contributed by atoms with E-state index >= 15 is 0 Å². The van der Waals surface area contributed by atoms with Gasteiger partial charge in [-0.15, -0.1) is 0 Å². The van der Waals surface area contributed by atoms with Gasteiger partial charge in [-0.25, -0.2) is 8.42 Å². The van der Waals surface area contributed by atoms with E-state index in [1.54, 1.807) is 0 Å². The van der Waals surface area contributed by atoms with Crippen molar-refractivity contribution in [1.82, 2.24) is 0 Å². The second-order valence-corrected chi connectivity index (χ2v) is 10.1. The topological polar surface area (TPSA) is 70.0 Å². The minimum Gasteiger partial charge on any atom is -0.372 e. The lowest BCUT2D eigenvalue weighted by Gasteiger charge is -2.28. The van der Waals surface area contributed by atoms with Crippen LogP contribution in [-0.4, -0.2) is 55.4 Å². The molecule has 0 aliphatic carbocycles. The number of aryl methyl sites for hydroxylation is 1. The highest BCUT2D eigenvalue weighted by Gasteiger charge is 2.49. The maximum absolute atomic E-state index is 12.1. The molecule has 2 saturated heterocycles. The smallest absolute Gasteiger partial charge is 0.244 e. The summed E-state index contributed by atoms with van der Waals surface area (Å²) in [4.78, 5) is 20.0. The van der Waals surface area contributed by atoms with Gasteiger partial charge in [0, 0.05) is 36.6 Å². The number of sulfone groups is 1. The number of carbonyl (C=O) groups excluding carboxylic acids is 1. The van der Waals surface area contributed by atoms with Crippen LogP contribution in [0.5, 0.6) is 0 Å². The summed E-state index contributed by atoms with van der Waals surface area (Å²) in [7, 11) is -3.05. The van der Waals surface area contributed by atoms with Crippen LogP contribution in [0.25, 0.3) is 0 Å². The number of benzene rings is 1. The summed E-state index contributed by atoms with van der Waals surface area (Å²) in [5, 5.41) is 0.543. The lowest BCUT2D eigenvalue weighted by Crippen LogP contribution is -2.38. The molecule has 0 saturated carbocycles. The summed E-state index contributed by atoms with van der Waals surface area (Å²) >= 11 is 1.41. The van der Waals surface area contributed by atoms with Crippen LogP contribution in [0.4, 0.5) is 11.4 Å². The predicted molar refractivity (Wildman–Crippen MR) is 109 cm³/mol. The van der Waals surface area contributed by atoms with Crippen molar-refractivity contribution >= 4 is 44.0 Å². The fourth-order valence-corrected chi connectivity index (χ4v) is 7.63. The molecule has 1 aromatic rings. The number of nitrogens with zero attached hydrogens (tertiary/aromatic N) is 3. The van der Waals surface area contributed by atoms with Crippen LogP contribution < -0.4 is 9.80 Å². The van der Waals surface area contributed by atoms with E-state index in [1.165, 1.54) is 18.7 Å². The second-order valence-electron chi connectivity index (χ2n) is 6.73. The van der Waals surface area contributed by atoms with Crippen molar-refractivity contribution in [2.45, 2.75) is 39.0 Å². The normalized spacial score (nSPS) is 25.5. The number of amidine groups is 1. The summed E-state index contributed by atoms with van der Waals surface area (Å²) in [6.07, 6.45) is 0. The quantitative estimate of drug-likeness (QED) is 0.780. The summed E-state index contributed by atoms with van der Waals surface area (Å²) in [5.74, 6) is -0.0109. The lowest BCUT2D eigenvalue weighted by molar-refractivity contribution is -0.115. The maximum atomic E-state index is 12.1. The first kappa shape index (κ1) is 19.2. The van der Waals surface area contributed by atoms with E-state index in [0.29, 0.717) is 5.17 Å². The van der Waals surface area contributed by atoms with Gasteiger partial charge in [0.15, 0.2) is 15.0 Å². The van der Waals surface area contributed by atoms with Crippen LogP contribution in [-0.2, 0) is 14.6 Å². The number of hydrogen-bond donors (Lipinski definition) is 0. The summed E-state index contributed by atoms with van der Waals surface area (Å²) in [5.41, 5.74) is 3.12. The van der Waals surface area contributed by atoms with Gasteiger partial charge < -0.3 is 9.80 Å². The molecule has 3 rings (SSSR count). The molecule has 26 heavy (non-hydrogen) atoms. The highest BCUT2D eigenvalue weighted by atomic mass is 32.2. The monoisotopic (exact) mass is 395 g/mol. The molecule has 0 aromatic heterocycles. The molecular formula is C18H25N3O3S2. The van der Waals surface area contributed by atoms with Crippen LogP contribution in [0.3, 0.4) is 0 Å². The average Bonchev–Trinajstić information content (AvgIpc) is 2.99. The van der Waals surface area contributed by atoms with Crippen LogP contribution in [0.2, 0.25) is 0 Å². The highest BCUT2D eigenvalue weighted by molar-refractivity contribution is 8.16. The zero-order chi connectivity index (χ0) is 19.1. The fraction of sp³-hybridized carbons (Fsp3) is 0.556. The molecule has 1 aromatic carbocycles. The molecule has 8 heteroatoms. The third-order valence-electron chi connectivity index (χ3n) is 4.89. The van der Waals surface area contributed by atoms with Crippen LogP contribution in [0, 0.1) is 6.92 Å². The SMILES string of the molecule is CCN(CC)c1ccc(N2C(=NC(C)=O)S[C@@H]3CS(=O)(=O)C[C@@H]32)c(C)c1. The van der Waals surface area contributed by atoms with Crippen molar-refractivity contribution in [3.63, 3.8) is 0 Å². The van der Waals surface area contributed by atoms with Crippen molar-refractivity contribution in [2.24, 2.45) is 4.99 Å². The number of amides is 1. The first-order valence-electron chi connectivity index (χ1n) is 8.87. The van der Waals surface area contributed by atoms with Crippen molar-refractivity contribution in [3.05, 3.63) is 23.8 Å². The highest BCUT2D eigenvalue weighted by Crippen LogP contribution is 2.42. The molecule has 2 fully saturated rings. The third kappa shape index (κ3) is 3.62. The molecule has 2 atom stereocenters. The van der Waals surface area contributed by atoms with E-state index in [1.807, 2.05) is 17.9 Å². The van der Waals surface area contributed by atoms with E-state index in [9.17, 15) is 13.2 Å². The molecule has 2 aliphatic heterocycles. The lowest BCUT2D eigenvalue weighted by atomic mass is 10.1. The fourth-order valence-electron chi connectivity index (χ4n) is 3.68. The van der Waals surface area contributed by atoms with Crippen LogP contribution >= 0.6 is 11.8 Å². The number of fused-ring (bicyclic) bond motifs is 1. The van der Waals surface area contributed by atoms with Crippen molar-refractivity contribution < 1.29 is 13.2 Å². The maximum Gasteiger partial charge on any atom is 0.244 e. The Morgan fingerprint density at radius 3 is 2.58 bits per heavy atom. The van der Waals surface area contributed by atoms with Gasteiger partial charge in [0.05, 0.1) is 17.5 Å². The molecule has 0 N–H and O–H groups in total. The zero-order valence-electron chi connectivity index (χ0n) is 15.6. The van der Waals surface area contributed by atoms with E-state index in [-0.39, 0.29) is 28.7 Å². The molecule has 0 bridgehead atoms. The number of aliphatic imine (C=N–C) groups is 1. The third-order valence-corrected chi connectivity index (χ3v) is 8.10. The first-order chi connectivity index (χ1) is 12.3. The summed E-state index contributed by atoms with van der Waals surface area (Å²) in [6.45, 7) is 9.54. The number of rotatable bonds is 4. The largest absolute Gasteiger partial charge is 0.372 e. The Kier molecular flexibility index (Phi) is 5.35. The number of hydrogen-bond acceptors (Lipinski definition) is 5. The van der Waals surface area contributed by atoms with Crippen LogP contribution in [0.1, 0.15) is 26.3 Å². The number of carbonyl (C=O) groups is 1. The number of anilines is 2. The minimum absolute atomic E-state index is 0.0695. The number of thioether (sulfide) groups is 1. The van der Waals surface area contributed by atoms with E-state index < -0.39 is 9.84 Å². The summed E-state index contributed by atoms with van der Waals surface area (Å²) in [6, 6.07) is 6.03. The minimum atomic E-state index is -3.05. The Labute approximate surface area is 159 Å². The first-order valence-corrected chi connectivity index (χ1v) is 11.6. The molecule has 2 aliphatic rings. The Morgan fingerprint density at radius 2 is 2.00 bits per heavy atom. The molecule has 0 unspecified atom stereocenters. The van der Waals surface area contributed by atoms with Gasteiger partial charge in [-0.3, -0.25) is 4.79 Å².